The zero-order valence-corrected chi connectivity index (χ0v) is 13.1. The van der Waals surface area contributed by atoms with Crippen LogP contribution in [0.25, 0.3) is 0 Å². The molecule has 0 radical (unpaired) electrons. The summed E-state index contributed by atoms with van der Waals surface area (Å²) < 4.78 is 12.4. The Bertz CT molecular complexity index is 380. The Labute approximate surface area is 118 Å². The number of hydrogen-bond donors (Lipinski definition) is 1. The minimum atomic E-state index is 0.489. The van der Waals surface area contributed by atoms with Crippen LogP contribution in [0.3, 0.4) is 0 Å². The molecule has 0 spiro atoms. The molecule has 0 atom stereocenters. The van der Waals surface area contributed by atoms with E-state index in [0.29, 0.717) is 19.1 Å². The van der Waals surface area contributed by atoms with Gasteiger partial charge < -0.3 is 14.8 Å². The lowest BCUT2D eigenvalue weighted by Crippen LogP contribution is -2.09. The molecule has 0 bridgehead atoms. The molecule has 0 aliphatic rings. The molecule has 102 valence electrons. The first-order valence-electron chi connectivity index (χ1n) is 6.31. The summed E-state index contributed by atoms with van der Waals surface area (Å²) in [6.07, 6.45) is 0. The zero-order chi connectivity index (χ0) is 13.5. The number of nitrogens with one attached hydrogen (secondary N) is 1. The summed E-state index contributed by atoms with van der Waals surface area (Å²) in [5, 5.41) is 3.13. The van der Waals surface area contributed by atoms with Crippen molar-refractivity contribution in [1.82, 2.24) is 5.32 Å². The maximum Gasteiger partial charge on any atom is 0.175 e. The van der Waals surface area contributed by atoms with Gasteiger partial charge in [-0.1, -0.05) is 13.8 Å². The molecule has 1 N–H and O–H groups in total. The summed E-state index contributed by atoms with van der Waals surface area (Å²) in [4.78, 5) is 0. The number of rotatable bonds is 7. The summed E-state index contributed by atoms with van der Waals surface area (Å²) in [6.45, 7) is 8.36. The summed E-state index contributed by atoms with van der Waals surface area (Å²) in [5.74, 6) is 2.09. The Morgan fingerprint density at radius 3 is 2.56 bits per heavy atom. The van der Waals surface area contributed by atoms with Crippen LogP contribution in [0.2, 0.25) is 0 Å². The average Bonchev–Trinajstić information content (AvgIpc) is 2.28. The van der Waals surface area contributed by atoms with E-state index in [4.69, 9.17) is 9.47 Å². The summed E-state index contributed by atoms with van der Waals surface area (Å²) in [5.41, 5.74) is 1.17. The van der Waals surface area contributed by atoms with Gasteiger partial charge in [-0.15, -0.1) is 0 Å². The lowest BCUT2D eigenvalue weighted by molar-refractivity contribution is 0.246. The fraction of sp³-hybridized carbons (Fsp3) is 0.571. The van der Waals surface area contributed by atoms with E-state index in [1.165, 1.54) is 5.56 Å². The van der Waals surface area contributed by atoms with Crippen molar-refractivity contribution in [2.24, 2.45) is 5.92 Å². The predicted octanol–water partition coefficient (Wildman–Crippen LogP) is 3.60. The first-order chi connectivity index (χ1) is 8.58. The van der Waals surface area contributed by atoms with Crippen molar-refractivity contribution in [3.05, 3.63) is 22.2 Å². The highest BCUT2D eigenvalue weighted by molar-refractivity contribution is 9.10. The monoisotopic (exact) mass is 315 g/mol. The SMILES string of the molecule is CCOc1cc(CNC)cc(Br)c1OCC(C)C. The normalized spacial score (nSPS) is 10.8. The van der Waals surface area contributed by atoms with Crippen molar-refractivity contribution in [2.75, 3.05) is 20.3 Å². The molecule has 18 heavy (non-hydrogen) atoms. The van der Waals surface area contributed by atoms with Crippen LogP contribution in [0.1, 0.15) is 26.3 Å². The highest BCUT2D eigenvalue weighted by Crippen LogP contribution is 2.37. The smallest absolute Gasteiger partial charge is 0.175 e. The van der Waals surface area contributed by atoms with E-state index in [1.807, 2.05) is 20.0 Å². The minimum Gasteiger partial charge on any atom is -0.490 e. The molecule has 1 rings (SSSR count). The topological polar surface area (TPSA) is 30.5 Å². The van der Waals surface area contributed by atoms with Gasteiger partial charge in [-0.3, -0.25) is 0 Å². The quantitative estimate of drug-likeness (QED) is 0.834. The third kappa shape index (κ3) is 4.50. The zero-order valence-electron chi connectivity index (χ0n) is 11.5. The molecule has 3 nitrogen and oxygen atoms in total. The largest absolute Gasteiger partial charge is 0.490 e. The van der Waals surface area contributed by atoms with Crippen molar-refractivity contribution in [3.63, 3.8) is 0 Å². The van der Waals surface area contributed by atoms with Gasteiger partial charge in [-0.2, -0.15) is 0 Å². The van der Waals surface area contributed by atoms with E-state index in [-0.39, 0.29) is 0 Å². The van der Waals surface area contributed by atoms with Gasteiger partial charge in [0.1, 0.15) is 0 Å². The molecule has 1 aromatic carbocycles. The molecule has 0 fully saturated rings. The van der Waals surface area contributed by atoms with Crippen molar-refractivity contribution in [1.29, 1.82) is 0 Å². The molecule has 0 heterocycles. The van der Waals surface area contributed by atoms with Gasteiger partial charge in [0.05, 0.1) is 17.7 Å². The Balaban J connectivity index is 2.98. The van der Waals surface area contributed by atoms with E-state index in [0.717, 1.165) is 22.5 Å². The van der Waals surface area contributed by atoms with E-state index in [1.54, 1.807) is 0 Å². The second-order valence-corrected chi connectivity index (χ2v) is 5.43. The molecule has 4 heteroatoms. The lowest BCUT2D eigenvalue weighted by atomic mass is 10.2. The fourth-order valence-electron chi connectivity index (χ4n) is 1.58. The van der Waals surface area contributed by atoms with Gasteiger partial charge >= 0.3 is 0 Å². The molecular weight excluding hydrogens is 294 g/mol. The van der Waals surface area contributed by atoms with Crippen LogP contribution in [-0.4, -0.2) is 20.3 Å². The Morgan fingerprint density at radius 2 is 2.00 bits per heavy atom. The number of hydrogen-bond acceptors (Lipinski definition) is 3. The molecule has 1 aromatic rings. The van der Waals surface area contributed by atoms with Crippen LogP contribution in [0.15, 0.2) is 16.6 Å². The van der Waals surface area contributed by atoms with E-state index >= 15 is 0 Å². The lowest BCUT2D eigenvalue weighted by Gasteiger charge is -2.16. The Kier molecular flexibility index (Phi) is 6.50. The molecule has 0 amide bonds. The van der Waals surface area contributed by atoms with Crippen molar-refractivity contribution in [2.45, 2.75) is 27.3 Å². The van der Waals surface area contributed by atoms with E-state index in [2.05, 4.69) is 41.2 Å². The summed E-state index contributed by atoms with van der Waals surface area (Å²) in [7, 11) is 1.93. The second-order valence-electron chi connectivity index (χ2n) is 4.57. The van der Waals surface area contributed by atoms with Crippen molar-refractivity contribution in [3.8, 4) is 11.5 Å². The Morgan fingerprint density at radius 1 is 1.28 bits per heavy atom. The molecule has 0 aliphatic carbocycles. The Hall–Kier alpha value is -0.740. The van der Waals surface area contributed by atoms with Gasteiger partial charge in [0.2, 0.25) is 0 Å². The van der Waals surface area contributed by atoms with Gasteiger partial charge in [-0.25, -0.2) is 0 Å². The molecule has 0 saturated heterocycles. The highest BCUT2D eigenvalue weighted by Gasteiger charge is 2.12. The van der Waals surface area contributed by atoms with E-state index < -0.39 is 0 Å². The van der Waals surface area contributed by atoms with Gasteiger partial charge in [0, 0.05) is 6.54 Å². The molecule has 0 aromatic heterocycles. The third-order valence-corrected chi connectivity index (χ3v) is 2.90. The van der Waals surface area contributed by atoms with Crippen LogP contribution < -0.4 is 14.8 Å². The standard InChI is InChI=1S/C14H22BrNO2/c1-5-17-13-7-11(8-16-4)6-12(15)14(13)18-9-10(2)3/h6-7,10,16H,5,8-9H2,1-4H3. The van der Waals surface area contributed by atoms with Crippen molar-refractivity contribution >= 4 is 15.9 Å². The number of halogens is 1. The first-order valence-corrected chi connectivity index (χ1v) is 7.10. The third-order valence-electron chi connectivity index (χ3n) is 2.31. The molecule has 0 aliphatic heterocycles. The van der Waals surface area contributed by atoms with Crippen molar-refractivity contribution < 1.29 is 9.47 Å². The van der Waals surface area contributed by atoms with Crippen LogP contribution in [0, 0.1) is 5.92 Å². The van der Waals surface area contributed by atoms with Crippen LogP contribution in [0.4, 0.5) is 0 Å². The number of ether oxygens (including phenoxy) is 2. The molecule has 0 unspecified atom stereocenters. The second kappa shape index (κ2) is 7.64. The van der Waals surface area contributed by atoms with E-state index in [9.17, 15) is 0 Å². The fourth-order valence-corrected chi connectivity index (χ4v) is 2.18. The highest BCUT2D eigenvalue weighted by atomic mass is 79.9. The maximum atomic E-state index is 5.82. The van der Waals surface area contributed by atoms with Gasteiger partial charge in [0.25, 0.3) is 0 Å². The number of benzene rings is 1. The van der Waals surface area contributed by atoms with Crippen LogP contribution >= 0.6 is 15.9 Å². The minimum absolute atomic E-state index is 0.489. The van der Waals surface area contributed by atoms with Crippen LogP contribution in [0.5, 0.6) is 11.5 Å². The summed E-state index contributed by atoms with van der Waals surface area (Å²) >= 11 is 3.56. The average molecular weight is 316 g/mol. The maximum absolute atomic E-state index is 5.82. The van der Waals surface area contributed by atoms with Gasteiger partial charge in [0.15, 0.2) is 11.5 Å². The van der Waals surface area contributed by atoms with Gasteiger partial charge in [-0.05, 0) is 53.5 Å². The summed E-state index contributed by atoms with van der Waals surface area (Å²) in [6, 6.07) is 4.09. The van der Waals surface area contributed by atoms with Crippen LogP contribution in [-0.2, 0) is 6.54 Å². The predicted molar refractivity (Wildman–Crippen MR) is 78.4 cm³/mol. The molecule has 0 saturated carbocycles. The molecular formula is C14H22BrNO2. The first kappa shape index (κ1) is 15.3.